The van der Waals surface area contributed by atoms with E-state index in [1.54, 1.807) is 32.2 Å². The summed E-state index contributed by atoms with van der Waals surface area (Å²) in [5.41, 5.74) is 1.88. The maximum atomic E-state index is 12.3. The third-order valence-electron chi connectivity index (χ3n) is 3.89. The Morgan fingerprint density at radius 3 is 2.64 bits per heavy atom. The van der Waals surface area contributed by atoms with Crippen LogP contribution in [0.25, 0.3) is 11.0 Å². The average Bonchev–Trinajstić information content (AvgIpc) is 3.08. The quantitative estimate of drug-likeness (QED) is 0.708. The van der Waals surface area contributed by atoms with Crippen LogP contribution in [0.3, 0.4) is 0 Å². The third kappa shape index (κ3) is 4.32. The van der Waals surface area contributed by atoms with Crippen LogP contribution in [-0.2, 0) is 6.42 Å². The maximum absolute atomic E-state index is 12.3. The van der Waals surface area contributed by atoms with E-state index in [4.69, 9.17) is 4.74 Å². The van der Waals surface area contributed by atoms with Gasteiger partial charge in [-0.1, -0.05) is 12.1 Å². The molecule has 6 nitrogen and oxygen atoms in total. The number of ether oxygens (including phenoxy) is 1. The summed E-state index contributed by atoms with van der Waals surface area (Å²) in [5, 5.41) is 13.3. The van der Waals surface area contributed by atoms with Gasteiger partial charge in [-0.2, -0.15) is 8.75 Å². The minimum absolute atomic E-state index is 0.144. The minimum Gasteiger partial charge on any atom is -0.497 e. The number of carbonyl (C=O) groups is 1. The van der Waals surface area contributed by atoms with Crippen molar-refractivity contribution < 1.29 is 14.6 Å². The molecule has 130 valence electrons. The van der Waals surface area contributed by atoms with Crippen LogP contribution in [0.1, 0.15) is 22.8 Å². The highest BCUT2D eigenvalue weighted by molar-refractivity contribution is 7.00. The standard InChI is InChI=1S/C18H19N3O3S/c1-18(23,10-12-3-6-14(24-2)7-4-12)11-19-17(22)13-5-8-15-16(9-13)21-25-20-15/h3-9,23H,10-11H2,1-2H3,(H,19,22). The van der Waals surface area contributed by atoms with Crippen LogP contribution in [0.5, 0.6) is 5.75 Å². The second-order valence-corrected chi connectivity index (χ2v) is 6.70. The molecule has 0 bridgehead atoms. The third-order valence-corrected chi connectivity index (χ3v) is 4.45. The normalized spacial score (nSPS) is 13.4. The Morgan fingerprint density at radius 2 is 1.92 bits per heavy atom. The second kappa shape index (κ2) is 7.16. The molecule has 0 aliphatic rings. The minimum atomic E-state index is -1.06. The van der Waals surface area contributed by atoms with E-state index >= 15 is 0 Å². The van der Waals surface area contributed by atoms with Gasteiger partial charge in [0, 0.05) is 18.5 Å². The van der Waals surface area contributed by atoms with Gasteiger partial charge >= 0.3 is 0 Å². The van der Waals surface area contributed by atoms with Gasteiger partial charge < -0.3 is 15.2 Å². The molecule has 2 aromatic carbocycles. The van der Waals surface area contributed by atoms with Gasteiger partial charge in [-0.15, -0.1) is 0 Å². The molecule has 0 aliphatic heterocycles. The van der Waals surface area contributed by atoms with E-state index in [-0.39, 0.29) is 12.5 Å². The van der Waals surface area contributed by atoms with Gasteiger partial charge in [0.1, 0.15) is 16.8 Å². The Balaban J connectivity index is 1.61. The lowest BCUT2D eigenvalue weighted by atomic mass is 9.96. The Bertz CT molecular complexity index is 875. The van der Waals surface area contributed by atoms with Crippen LogP contribution in [0, 0.1) is 0 Å². The van der Waals surface area contributed by atoms with Crippen LogP contribution in [0.15, 0.2) is 42.5 Å². The van der Waals surface area contributed by atoms with E-state index < -0.39 is 5.60 Å². The number of fused-ring (bicyclic) bond motifs is 1. The van der Waals surface area contributed by atoms with Crippen molar-refractivity contribution in [3.05, 3.63) is 53.6 Å². The first kappa shape index (κ1) is 17.3. The van der Waals surface area contributed by atoms with Crippen LogP contribution < -0.4 is 10.1 Å². The van der Waals surface area contributed by atoms with Gasteiger partial charge in [0.2, 0.25) is 0 Å². The Kier molecular flexibility index (Phi) is 4.96. The van der Waals surface area contributed by atoms with Crippen molar-refractivity contribution in [2.24, 2.45) is 0 Å². The fraction of sp³-hybridized carbons (Fsp3) is 0.278. The van der Waals surface area contributed by atoms with Crippen LogP contribution in [0.2, 0.25) is 0 Å². The summed E-state index contributed by atoms with van der Waals surface area (Å²) >= 11 is 1.11. The summed E-state index contributed by atoms with van der Waals surface area (Å²) < 4.78 is 13.4. The molecule has 0 fully saturated rings. The number of aliphatic hydroxyl groups is 1. The number of rotatable bonds is 6. The summed E-state index contributed by atoms with van der Waals surface area (Å²) in [4.78, 5) is 12.3. The molecule has 3 rings (SSSR count). The summed E-state index contributed by atoms with van der Waals surface area (Å²) in [6.07, 6.45) is 0.423. The number of amides is 1. The van der Waals surface area contributed by atoms with Gasteiger partial charge in [-0.3, -0.25) is 4.79 Å². The van der Waals surface area contributed by atoms with Crippen molar-refractivity contribution in [2.75, 3.05) is 13.7 Å². The average molecular weight is 357 g/mol. The summed E-state index contributed by atoms with van der Waals surface area (Å²) in [7, 11) is 1.61. The molecular weight excluding hydrogens is 338 g/mol. The van der Waals surface area contributed by atoms with E-state index in [9.17, 15) is 9.90 Å². The van der Waals surface area contributed by atoms with E-state index in [2.05, 4.69) is 14.1 Å². The van der Waals surface area contributed by atoms with E-state index in [0.29, 0.717) is 17.5 Å². The molecule has 0 aliphatic carbocycles. The molecule has 7 heteroatoms. The van der Waals surface area contributed by atoms with Crippen molar-refractivity contribution in [3.8, 4) is 5.75 Å². The number of aromatic nitrogens is 2. The summed E-state index contributed by atoms with van der Waals surface area (Å²) in [5.74, 6) is 0.522. The predicted octanol–water partition coefficient (Wildman–Crippen LogP) is 2.42. The SMILES string of the molecule is COc1ccc(CC(C)(O)CNC(=O)c2ccc3nsnc3c2)cc1. The zero-order chi connectivity index (χ0) is 17.9. The molecule has 2 N–H and O–H groups in total. The highest BCUT2D eigenvalue weighted by Gasteiger charge is 2.22. The first-order chi connectivity index (χ1) is 12.0. The Morgan fingerprint density at radius 1 is 1.20 bits per heavy atom. The second-order valence-electron chi connectivity index (χ2n) is 6.17. The highest BCUT2D eigenvalue weighted by atomic mass is 32.1. The van der Waals surface area contributed by atoms with Crippen molar-refractivity contribution in [2.45, 2.75) is 18.9 Å². The molecule has 0 saturated carbocycles. The summed E-state index contributed by atoms with van der Waals surface area (Å²) in [6.45, 7) is 1.84. The number of nitrogens with zero attached hydrogens (tertiary/aromatic N) is 2. The fourth-order valence-electron chi connectivity index (χ4n) is 2.54. The van der Waals surface area contributed by atoms with Crippen molar-refractivity contribution in [3.63, 3.8) is 0 Å². The van der Waals surface area contributed by atoms with Crippen LogP contribution >= 0.6 is 11.7 Å². The lowest BCUT2D eigenvalue weighted by Gasteiger charge is -2.24. The highest BCUT2D eigenvalue weighted by Crippen LogP contribution is 2.17. The van der Waals surface area contributed by atoms with Crippen LogP contribution in [-0.4, -0.2) is 39.0 Å². The van der Waals surface area contributed by atoms with Crippen molar-refractivity contribution in [1.29, 1.82) is 0 Å². The number of hydrogen-bond acceptors (Lipinski definition) is 6. The number of benzene rings is 2. The molecule has 1 heterocycles. The largest absolute Gasteiger partial charge is 0.497 e. The molecule has 3 aromatic rings. The van der Waals surface area contributed by atoms with E-state index in [1.807, 2.05) is 24.3 Å². The van der Waals surface area contributed by atoms with Gasteiger partial charge in [-0.05, 0) is 42.8 Å². The van der Waals surface area contributed by atoms with Gasteiger partial charge in [0.15, 0.2) is 0 Å². The van der Waals surface area contributed by atoms with Gasteiger partial charge in [0.05, 0.1) is 24.4 Å². The van der Waals surface area contributed by atoms with Crippen molar-refractivity contribution >= 4 is 28.7 Å². The monoisotopic (exact) mass is 357 g/mol. The Hall–Kier alpha value is -2.51. The van der Waals surface area contributed by atoms with Gasteiger partial charge in [0.25, 0.3) is 5.91 Å². The maximum Gasteiger partial charge on any atom is 0.251 e. The fourth-order valence-corrected chi connectivity index (χ4v) is 3.06. The lowest BCUT2D eigenvalue weighted by Crippen LogP contribution is -2.42. The first-order valence-corrected chi connectivity index (χ1v) is 8.56. The molecule has 0 saturated heterocycles. The summed E-state index contributed by atoms with van der Waals surface area (Å²) in [6, 6.07) is 12.7. The van der Waals surface area contributed by atoms with E-state index in [1.165, 1.54) is 0 Å². The molecule has 1 amide bonds. The zero-order valence-corrected chi connectivity index (χ0v) is 14.8. The predicted molar refractivity (Wildman–Crippen MR) is 97.1 cm³/mol. The molecule has 0 spiro atoms. The first-order valence-electron chi connectivity index (χ1n) is 7.83. The number of hydrogen-bond donors (Lipinski definition) is 2. The number of methoxy groups -OCH3 is 1. The molecular formula is C18H19N3O3S. The molecule has 25 heavy (non-hydrogen) atoms. The van der Waals surface area contributed by atoms with E-state index in [0.717, 1.165) is 28.6 Å². The van der Waals surface area contributed by atoms with Gasteiger partial charge in [-0.25, -0.2) is 0 Å². The molecule has 1 atom stereocenters. The van der Waals surface area contributed by atoms with Crippen LogP contribution in [0.4, 0.5) is 0 Å². The van der Waals surface area contributed by atoms with Crippen molar-refractivity contribution in [1.82, 2.24) is 14.1 Å². The zero-order valence-electron chi connectivity index (χ0n) is 14.0. The topological polar surface area (TPSA) is 84.3 Å². The molecule has 1 unspecified atom stereocenters. The Labute approximate surface area is 149 Å². The molecule has 1 aromatic heterocycles. The lowest BCUT2D eigenvalue weighted by molar-refractivity contribution is 0.0552. The number of carbonyl (C=O) groups excluding carboxylic acids is 1. The number of nitrogens with one attached hydrogen (secondary N) is 1. The smallest absolute Gasteiger partial charge is 0.251 e. The molecule has 0 radical (unpaired) electrons.